The average Bonchev–Trinajstić information content (AvgIpc) is 3.56. The monoisotopic (exact) mass is 617 g/mol. The molecule has 4 aromatic rings. The van der Waals surface area contributed by atoms with E-state index in [-0.39, 0.29) is 42.8 Å². The van der Waals surface area contributed by atoms with E-state index in [1.165, 1.54) is 0 Å². The average molecular weight is 618 g/mol. The first-order chi connectivity index (χ1) is 20.5. The molecule has 6 rings (SSSR count). The second-order valence-corrected chi connectivity index (χ2v) is 16.6. The fraction of sp³-hybridized carbons (Fsp3) is 0.333. The highest BCUT2D eigenvalue weighted by atomic mass is 35.5. The first-order valence-electron chi connectivity index (χ1n) is 14.6. The van der Waals surface area contributed by atoms with Gasteiger partial charge < -0.3 is 29.8 Å². The van der Waals surface area contributed by atoms with Crippen molar-refractivity contribution in [2.75, 3.05) is 16.8 Å². The molecule has 0 bridgehead atoms. The molecule has 3 heterocycles. The summed E-state index contributed by atoms with van der Waals surface area (Å²) in [6.07, 6.45) is 1.96. The lowest BCUT2D eigenvalue weighted by Gasteiger charge is -2.32. The van der Waals surface area contributed by atoms with Crippen molar-refractivity contribution in [3.63, 3.8) is 0 Å². The van der Waals surface area contributed by atoms with E-state index in [0.29, 0.717) is 28.4 Å². The molecule has 8 nitrogen and oxygen atoms in total. The zero-order valence-electron chi connectivity index (χ0n) is 24.4. The summed E-state index contributed by atoms with van der Waals surface area (Å²) in [7, 11) is -2.79. The number of nitrogens with zero attached hydrogens (tertiary/aromatic N) is 1. The minimum Gasteiger partial charge on any atom is -0.432 e. The van der Waals surface area contributed by atoms with Gasteiger partial charge in [-0.3, -0.25) is 9.59 Å². The summed E-state index contributed by atoms with van der Waals surface area (Å²) in [6, 6.07) is 20.7. The van der Waals surface area contributed by atoms with Gasteiger partial charge in [-0.15, -0.1) is 0 Å². The number of ether oxygens (including phenoxy) is 1. The minimum atomic E-state index is -2.79. The number of anilines is 2. The van der Waals surface area contributed by atoms with Gasteiger partial charge in [0.05, 0.1) is 24.8 Å². The lowest BCUT2D eigenvalue weighted by atomic mass is 9.82. The molecular weight excluding hydrogens is 582 g/mol. The van der Waals surface area contributed by atoms with Crippen LogP contribution in [0.3, 0.4) is 0 Å². The van der Waals surface area contributed by atoms with Crippen molar-refractivity contribution in [3.05, 3.63) is 94.6 Å². The van der Waals surface area contributed by atoms with Gasteiger partial charge in [0.25, 0.3) is 5.91 Å². The number of amides is 2. The van der Waals surface area contributed by atoms with Crippen LogP contribution in [-0.2, 0) is 32.9 Å². The van der Waals surface area contributed by atoms with Gasteiger partial charge in [-0.1, -0.05) is 48.9 Å². The third-order valence-electron chi connectivity index (χ3n) is 8.94. The van der Waals surface area contributed by atoms with Crippen LogP contribution in [-0.4, -0.2) is 47.7 Å². The molecule has 10 heteroatoms. The first-order valence-corrected chi connectivity index (χ1v) is 18.0. The number of para-hydroxylation sites is 1. The van der Waals surface area contributed by atoms with Gasteiger partial charge in [0, 0.05) is 51.4 Å². The van der Waals surface area contributed by atoms with Crippen LogP contribution in [0.4, 0.5) is 11.4 Å². The van der Waals surface area contributed by atoms with Crippen LogP contribution in [0.15, 0.2) is 72.9 Å². The number of carbonyl (C=O) groups excluding carboxylic acids is 2. The highest BCUT2D eigenvalue weighted by molar-refractivity contribution is 6.71. The molecule has 0 saturated carbocycles. The zero-order valence-corrected chi connectivity index (χ0v) is 26.2. The van der Waals surface area contributed by atoms with Gasteiger partial charge in [-0.25, -0.2) is 0 Å². The predicted octanol–water partition coefficient (Wildman–Crippen LogP) is 5.73. The van der Waals surface area contributed by atoms with Crippen molar-refractivity contribution in [1.29, 1.82) is 0 Å². The van der Waals surface area contributed by atoms with Crippen LogP contribution in [0.5, 0.6) is 0 Å². The summed E-state index contributed by atoms with van der Waals surface area (Å²) >= 11 is 6.46. The number of carbonyl (C=O) groups is 2. The second kappa shape index (κ2) is 11.2. The van der Waals surface area contributed by atoms with Gasteiger partial charge in [0.2, 0.25) is 5.91 Å². The SMILES string of the molecule is C[C@@H]1[C@@H]([Si](C)(C)O)[C@H](CCO)O[C@@]12C(=O)N(Cc1cccc(NC(=O)Cc3c[nH]c4ccccc34)c1)c1ccc(Cl)cc12. The van der Waals surface area contributed by atoms with Crippen molar-refractivity contribution in [1.82, 2.24) is 4.98 Å². The fourth-order valence-corrected chi connectivity index (χ4v) is 9.96. The summed E-state index contributed by atoms with van der Waals surface area (Å²) in [4.78, 5) is 43.6. The Morgan fingerprint density at radius 2 is 1.93 bits per heavy atom. The van der Waals surface area contributed by atoms with Gasteiger partial charge in [0.1, 0.15) is 0 Å². The number of aliphatic hydroxyl groups excluding tert-OH is 1. The summed E-state index contributed by atoms with van der Waals surface area (Å²) in [5.74, 6) is -0.682. The third kappa shape index (κ3) is 5.19. The summed E-state index contributed by atoms with van der Waals surface area (Å²) < 4.78 is 6.63. The maximum atomic E-state index is 14.4. The fourth-order valence-electron chi connectivity index (χ4n) is 7.19. The summed E-state index contributed by atoms with van der Waals surface area (Å²) in [5, 5.41) is 14.3. The lowest BCUT2D eigenvalue weighted by Crippen LogP contribution is -2.46. The second-order valence-electron chi connectivity index (χ2n) is 12.2. The van der Waals surface area contributed by atoms with Crippen LogP contribution >= 0.6 is 11.6 Å². The molecule has 2 aliphatic heterocycles. The van der Waals surface area contributed by atoms with E-state index in [1.54, 1.807) is 17.0 Å². The molecule has 43 heavy (non-hydrogen) atoms. The number of hydrogen-bond acceptors (Lipinski definition) is 5. The third-order valence-corrected chi connectivity index (χ3v) is 11.7. The first kappa shape index (κ1) is 29.6. The van der Waals surface area contributed by atoms with Crippen molar-refractivity contribution in [3.8, 4) is 0 Å². The van der Waals surface area contributed by atoms with Gasteiger partial charge in [-0.05, 0) is 67.0 Å². The molecule has 1 fully saturated rings. The quantitative estimate of drug-likeness (QED) is 0.189. The van der Waals surface area contributed by atoms with Gasteiger partial charge in [0.15, 0.2) is 13.9 Å². The van der Waals surface area contributed by atoms with E-state index in [9.17, 15) is 19.5 Å². The van der Waals surface area contributed by atoms with E-state index >= 15 is 0 Å². The summed E-state index contributed by atoms with van der Waals surface area (Å²) in [6.45, 7) is 5.83. The molecule has 0 aliphatic carbocycles. The smallest absolute Gasteiger partial charge is 0.264 e. The van der Waals surface area contributed by atoms with Gasteiger partial charge >= 0.3 is 0 Å². The van der Waals surface area contributed by atoms with Crippen LogP contribution in [0.2, 0.25) is 23.7 Å². The van der Waals surface area contributed by atoms with Crippen molar-refractivity contribution in [2.45, 2.75) is 56.7 Å². The maximum absolute atomic E-state index is 14.4. The molecule has 0 unspecified atom stereocenters. The van der Waals surface area contributed by atoms with E-state index in [4.69, 9.17) is 16.3 Å². The van der Waals surface area contributed by atoms with E-state index in [1.807, 2.05) is 80.8 Å². The number of aromatic nitrogens is 1. The molecular formula is C33H36ClN3O5Si. The number of hydrogen-bond donors (Lipinski definition) is 4. The highest BCUT2D eigenvalue weighted by Crippen LogP contribution is 2.60. The molecule has 1 spiro atoms. The number of aliphatic hydroxyl groups is 1. The summed E-state index contributed by atoms with van der Waals surface area (Å²) in [5.41, 5.74) is 3.20. The van der Waals surface area contributed by atoms with E-state index in [2.05, 4.69) is 10.3 Å². The number of aromatic amines is 1. The normalized spacial score (nSPS) is 23.3. The molecule has 1 aromatic heterocycles. The van der Waals surface area contributed by atoms with Crippen LogP contribution in [0, 0.1) is 5.92 Å². The Hall–Kier alpha value is -3.47. The number of rotatable bonds is 8. The number of nitrogens with one attached hydrogen (secondary N) is 2. The Bertz CT molecular complexity index is 1700. The van der Waals surface area contributed by atoms with Crippen molar-refractivity contribution < 1.29 is 24.2 Å². The highest BCUT2D eigenvalue weighted by Gasteiger charge is 2.66. The van der Waals surface area contributed by atoms with Crippen LogP contribution in [0.25, 0.3) is 10.9 Å². The largest absolute Gasteiger partial charge is 0.432 e. The number of halogens is 1. The number of H-pyrrole nitrogens is 1. The Labute approximate surface area is 256 Å². The van der Waals surface area contributed by atoms with Crippen molar-refractivity contribution in [2.24, 2.45) is 5.92 Å². The Kier molecular flexibility index (Phi) is 7.72. The number of benzene rings is 3. The van der Waals surface area contributed by atoms with Gasteiger partial charge in [-0.2, -0.15) is 0 Å². The Morgan fingerprint density at radius 1 is 1.14 bits per heavy atom. The number of fused-ring (bicyclic) bond motifs is 3. The Morgan fingerprint density at radius 3 is 2.70 bits per heavy atom. The topological polar surface area (TPSA) is 115 Å². The maximum Gasteiger partial charge on any atom is 0.264 e. The standard InChI is InChI=1S/C33H36ClN3O5Si/c1-20-31(43(2,3)41)29(13-14-38)42-33(20)26-17-23(34)11-12-28(26)37(32(33)40)19-21-7-6-8-24(15-21)36-30(39)16-22-18-35-27-10-5-4-9-25(22)27/h4-12,15,17-18,20,29,31,35,38,41H,13-14,16,19H2,1-3H3,(H,36,39)/t20-,29+,31-,33+/m1/s1. The zero-order chi connectivity index (χ0) is 30.5. The molecule has 2 aliphatic rings. The van der Waals surface area contributed by atoms with Crippen molar-refractivity contribution >= 4 is 54.0 Å². The van der Waals surface area contributed by atoms with E-state index in [0.717, 1.165) is 22.0 Å². The Balaban J connectivity index is 1.27. The molecule has 1 saturated heterocycles. The molecule has 224 valence electrons. The predicted molar refractivity (Wildman–Crippen MR) is 171 cm³/mol. The lowest BCUT2D eigenvalue weighted by molar-refractivity contribution is -0.146. The molecule has 0 radical (unpaired) electrons. The van der Waals surface area contributed by atoms with E-state index < -0.39 is 20.0 Å². The molecule has 3 aromatic carbocycles. The van der Waals surface area contributed by atoms with Crippen LogP contribution in [0.1, 0.15) is 30.0 Å². The molecule has 2 amide bonds. The molecule has 4 N–H and O–H groups in total. The minimum absolute atomic E-state index is 0.104. The molecule has 4 atom stereocenters. The van der Waals surface area contributed by atoms with Crippen LogP contribution < -0.4 is 10.2 Å².